The Morgan fingerprint density at radius 1 is 1.17 bits per heavy atom. The minimum Gasteiger partial charge on any atom is -0.469 e. The molecule has 2 aliphatic rings. The van der Waals surface area contributed by atoms with E-state index in [1.807, 2.05) is 12.1 Å². The van der Waals surface area contributed by atoms with Gasteiger partial charge in [0.05, 0.1) is 13.0 Å². The van der Waals surface area contributed by atoms with Gasteiger partial charge in [0.2, 0.25) is 0 Å². The fraction of sp³-hybridized carbons (Fsp3) is 0.467. The fourth-order valence-corrected chi connectivity index (χ4v) is 2.84. The van der Waals surface area contributed by atoms with E-state index in [1.165, 1.54) is 24.7 Å². The standard InChI is InChI=1S/C15H16O3/c1-18-15(17)13-8-12(13)14(16)11-6-5-9-3-2-4-10(9)7-11/h5-7,12-13H,2-4,8H2,1H3/t12-,13+/m0/s1. The Kier molecular flexibility index (Phi) is 2.69. The van der Waals surface area contributed by atoms with E-state index in [0.717, 1.165) is 18.4 Å². The Hall–Kier alpha value is -1.64. The number of fused-ring (bicyclic) bond motifs is 1. The minimum atomic E-state index is -0.255. The van der Waals surface area contributed by atoms with Gasteiger partial charge in [-0.3, -0.25) is 9.59 Å². The lowest BCUT2D eigenvalue weighted by molar-refractivity contribution is -0.142. The van der Waals surface area contributed by atoms with Crippen LogP contribution in [0.1, 0.15) is 34.3 Å². The SMILES string of the molecule is COC(=O)[C@@H]1C[C@@H]1C(=O)c1ccc2c(c1)CCC2. The number of hydrogen-bond acceptors (Lipinski definition) is 3. The second kappa shape index (κ2) is 4.23. The van der Waals surface area contributed by atoms with Crippen LogP contribution in [-0.2, 0) is 22.4 Å². The number of rotatable bonds is 3. The van der Waals surface area contributed by atoms with Crippen molar-refractivity contribution < 1.29 is 14.3 Å². The molecular formula is C15H16O3. The van der Waals surface area contributed by atoms with Crippen molar-refractivity contribution in [3.63, 3.8) is 0 Å². The lowest BCUT2D eigenvalue weighted by Crippen LogP contribution is -2.10. The summed E-state index contributed by atoms with van der Waals surface area (Å²) in [5.41, 5.74) is 3.43. The molecule has 3 nitrogen and oxygen atoms in total. The molecule has 0 aromatic heterocycles. The zero-order valence-corrected chi connectivity index (χ0v) is 10.4. The van der Waals surface area contributed by atoms with Crippen LogP contribution in [0, 0.1) is 11.8 Å². The molecule has 2 atom stereocenters. The van der Waals surface area contributed by atoms with E-state index in [0.29, 0.717) is 6.42 Å². The van der Waals surface area contributed by atoms with Crippen LogP contribution in [0.25, 0.3) is 0 Å². The van der Waals surface area contributed by atoms with Gasteiger partial charge in [0.25, 0.3) is 0 Å². The van der Waals surface area contributed by atoms with E-state index in [4.69, 9.17) is 0 Å². The number of methoxy groups -OCH3 is 1. The first-order valence-corrected chi connectivity index (χ1v) is 6.44. The molecule has 2 aliphatic carbocycles. The number of esters is 1. The highest BCUT2D eigenvalue weighted by Gasteiger charge is 2.48. The molecule has 0 unspecified atom stereocenters. The normalized spacial score (nSPS) is 24.5. The Labute approximate surface area is 106 Å². The molecule has 18 heavy (non-hydrogen) atoms. The fourth-order valence-electron chi connectivity index (χ4n) is 2.84. The molecule has 0 radical (unpaired) electrons. The van der Waals surface area contributed by atoms with Crippen molar-refractivity contribution in [3.05, 3.63) is 34.9 Å². The third-order valence-electron chi connectivity index (χ3n) is 4.01. The number of Topliss-reactive ketones (excluding diaryl/α,β-unsaturated/α-hetero) is 1. The highest BCUT2D eigenvalue weighted by atomic mass is 16.5. The lowest BCUT2D eigenvalue weighted by atomic mass is 10.0. The molecular weight excluding hydrogens is 228 g/mol. The van der Waals surface area contributed by atoms with Gasteiger partial charge in [-0.25, -0.2) is 0 Å². The van der Waals surface area contributed by atoms with Gasteiger partial charge in [-0.15, -0.1) is 0 Å². The van der Waals surface area contributed by atoms with Crippen LogP contribution in [-0.4, -0.2) is 18.9 Å². The summed E-state index contributed by atoms with van der Waals surface area (Å²) in [6, 6.07) is 5.97. The average molecular weight is 244 g/mol. The summed E-state index contributed by atoms with van der Waals surface area (Å²) >= 11 is 0. The van der Waals surface area contributed by atoms with Crippen molar-refractivity contribution in [1.29, 1.82) is 0 Å². The number of ether oxygens (including phenoxy) is 1. The molecule has 3 rings (SSSR count). The molecule has 0 bridgehead atoms. The van der Waals surface area contributed by atoms with E-state index in [9.17, 15) is 9.59 Å². The second-order valence-corrected chi connectivity index (χ2v) is 5.17. The molecule has 0 aliphatic heterocycles. The largest absolute Gasteiger partial charge is 0.469 e. The molecule has 1 fully saturated rings. The van der Waals surface area contributed by atoms with E-state index >= 15 is 0 Å². The number of aryl methyl sites for hydroxylation is 2. The third-order valence-corrected chi connectivity index (χ3v) is 4.01. The topological polar surface area (TPSA) is 43.4 Å². The van der Waals surface area contributed by atoms with Crippen molar-refractivity contribution in [3.8, 4) is 0 Å². The van der Waals surface area contributed by atoms with E-state index in [1.54, 1.807) is 0 Å². The second-order valence-electron chi connectivity index (χ2n) is 5.17. The number of benzene rings is 1. The Bertz CT molecular complexity index is 518. The maximum absolute atomic E-state index is 12.2. The summed E-state index contributed by atoms with van der Waals surface area (Å²) in [7, 11) is 1.37. The van der Waals surface area contributed by atoms with Crippen molar-refractivity contribution in [2.24, 2.45) is 11.8 Å². The number of carbonyl (C=O) groups excluding carboxylic acids is 2. The smallest absolute Gasteiger partial charge is 0.309 e. The number of hydrogen-bond donors (Lipinski definition) is 0. The highest BCUT2D eigenvalue weighted by molar-refractivity contribution is 6.03. The van der Waals surface area contributed by atoms with Crippen LogP contribution in [0.5, 0.6) is 0 Å². The van der Waals surface area contributed by atoms with Gasteiger partial charge in [0.15, 0.2) is 5.78 Å². The van der Waals surface area contributed by atoms with Crippen LogP contribution in [0.15, 0.2) is 18.2 Å². The van der Waals surface area contributed by atoms with Crippen molar-refractivity contribution in [2.45, 2.75) is 25.7 Å². The van der Waals surface area contributed by atoms with Crippen LogP contribution in [0.3, 0.4) is 0 Å². The van der Waals surface area contributed by atoms with Gasteiger partial charge in [0, 0.05) is 11.5 Å². The molecule has 1 aromatic carbocycles. The first kappa shape index (κ1) is 11.5. The Balaban J connectivity index is 1.76. The molecule has 0 heterocycles. The highest BCUT2D eigenvalue weighted by Crippen LogP contribution is 2.42. The summed E-state index contributed by atoms with van der Waals surface area (Å²) < 4.78 is 4.67. The first-order valence-electron chi connectivity index (χ1n) is 6.44. The average Bonchev–Trinajstić information content (AvgIpc) is 3.06. The van der Waals surface area contributed by atoms with Gasteiger partial charge >= 0.3 is 5.97 Å². The van der Waals surface area contributed by atoms with Crippen LogP contribution in [0.4, 0.5) is 0 Å². The van der Waals surface area contributed by atoms with Gasteiger partial charge in [-0.05, 0) is 42.9 Å². The van der Waals surface area contributed by atoms with Crippen LogP contribution in [0.2, 0.25) is 0 Å². The van der Waals surface area contributed by atoms with Gasteiger partial charge in [-0.2, -0.15) is 0 Å². The molecule has 0 amide bonds. The summed E-state index contributed by atoms with van der Waals surface area (Å²) in [6.45, 7) is 0. The first-order chi connectivity index (χ1) is 8.70. The lowest BCUT2D eigenvalue weighted by Gasteiger charge is -2.04. The minimum absolute atomic E-state index is 0.0973. The van der Waals surface area contributed by atoms with E-state index in [2.05, 4.69) is 10.8 Å². The monoisotopic (exact) mass is 244 g/mol. The van der Waals surface area contributed by atoms with Gasteiger partial charge < -0.3 is 4.74 Å². The molecule has 0 saturated heterocycles. The Morgan fingerprint density at radius 3 is 2.72 bits per heavy atom. The van der Waals surface area contributed by atoms with Crippen molar-refractivity contribution in [2.75, 3.05) is 7.11 Å². The van der Waals surface area contributed by atoms with E-state index < -0.39 is 0 Å². The predicted octanol–water partition coefficient (Wildman–Crippen LogP) is 2.17. The molecule has 0 spiro atoms. The summed E-state index contributed by atoms with van der Waals surface area (Å²) in [5, 5.41) is 0. The van der Waals surface area contributed by atoms with Crippen LogP contribution >= 0.6 is 0 Å². The third kappa shape index (κ3) is 1.84. The van der Waals surface area contributed by atoms with Crippen molar-refractivity contribution in [1.82, 2.24) is 0 Å². The maximum atomic E-state index is 12.2. The molecule has 1 saturated carbocycles. The molecule has 3 heteroatoms. The molecule has 1 aromatic rings. The summed E-state index contributed by atoms with van der Waals surface area (Å²) in [6.07, 6.45) is 4.02. The summed E-state index contributed by atoms with van der Waals surface area (Å²) in [5.74, 6) is -0.526. The van der Waals surface area contributed by atoms with Crippen LogP contribution < -0.4 is 0 Å². The molecule has 94 valence electrons. The van der Waals surface area contributed by atoms with Gasteiger partial charge in [0.1, 0.15) is 0 Å². The predicted molar refractivity (Wildman–Crippen MR) is 66.4 cm³/mol. The zero-order chi connectivity index (χ0) is 12.7. The number of carbonyl (C=O) groups is 2. The maximum Gasteiger partial charge on any atom is 0.309 e. The number of ketones is 1. The molecule has 0 N–H and O–H groups in total. The summed E-state index contributed by atoms with van der Waals surface area (Å²) in [4.78, 5) is 23.6. The zero-order valence-electron chi connectivity index (χ0n) is 10.4. The van der Waals surface area contributed by atoms with Gasteiger partial charge in [-0.1, -0.05) is 12.1 Å². The van der Waals surface area contributed by atoms with E-state index in [-0.39, 0.29) is 23.6 Å². The van der Waals surface area contributed by atoms with Crippen molar-refractivity contribution >= 4 is 11.8 Å². The quantitative estimate of drug-likeness (QED) is 0.604. The Morgan fingerprint density at radius 2 is 1.94 bits per heavy atom.